The molecule has 84 valence electrons. The van der Waals surface area contributed by atoms with Gasteiger partial charge in [0, 0.05) is 6.42 Å². The summed E-state index contributed by atoms with van der Waals surface area (Å²) in [5.41, 5.74) is 0.285. The van der Waals surface area contributed by atoms with Gasteiger partial charge in [-0.1, -0.05) is 17.3 Å². The molecule has 0 N–H and O–H groups in total. The first-order valence-corrected chi connectivity index (χ1v) is 4.98. The van der Waals surface area contributed by atoms with Crippen molar-refractivity contribution in [3.8, 4) is 0 Å². The fourth-order valence-electron chi connectivity index (χ4n) is 1.26. The number of aryl methyl sites for hydroxylation is 1. The average molecular weight is 221 g/mol. The Morgan fingerprint density at radius 3 is 3.12 bits per heavy atom. The molecule has 0 aliphatic carbocycles. The van der Waals surface area contributed by atoms with Crippen LogP contribution in [0.15, 0.2) is 10.7 Å². The quantitative estimate of drug-likeness (QED) is 0.682. The fourth-order valence-corrected chi connectivity index (χ4v) is 1.26. The van der Waals surface area contributed by atoms with Crippen molar-refractivity contribution in [3.05, 3.63) is 23.6 Å². The molecule has 0 aliphatic heterocycles. The molecule has 7 nitrogen and oxygen atoms in total. The minimum absolute atomic E-state index is 0.285. The van der Waals surface area contributed by atoms with Crippen LogP contribution in [-0.2, 0) is 13.0 Å². The zero-order valence-corrected chi connectivity index (χ0v) is 8.83. The van der Waals surface area contributed by atoms with Gasteiger partial charge < -0.3 is 4.52 Å². The van der Waals surface area contributed by atoms with Crippen molar-refractivity contribution in [1.82, 2.24) is 25.1 Å². The number of rotatable bonds is 5. The van der Waals surface area contributed by atoms with Crippen molar-refractivity contribution in [2.45, 2.75) is 26.3 Å². The summed E-state index contributed by atoms with van der Waals surface area (Å²) >= 11 is 0. The lowest BCUT2D eigenvalue weighted by molar-refractivity contribution is 0.111. The Hall–Kier alpha value is -2.05. The molecular formula is C9H11N5O2. The Morgan fingerprint density at radius 1 is 1.56 bits per heavy atom. The summed E-state index contributed by atoms with van der Waals surface area (Å²) in [5.74, 6) is 1.15. The topological polar surface area (TPSA) is 86.7 Å². The number of aldehydes is 1. The summed E-state index contributed by atoms with van der Waals surface area (Å²) < 4.78 is 6.51. The van der Waals surface area contributed by atoms with Gasteiger partial charge in [-0.25, -0.2) is 4.68 Å². The van der Waals surface area contributed by atoms with E-state index in [1.54, 1.807) is 0 Å². The van der Waals surface area contributed by atoms with Gasteiger partial charge >= 0.3 is 0 Å². The van der Waals surface area contributed by atoms with E-state index in [4.69, 9.17) is 4.52 Å². The van der Waals surface area contributed by atoms with Crippen LogP contribution < -0.4 is 0 Å². The van der Waals surface area contributed by atoms with Crippen LogP contribution in [0.2, 0.25) is 0 Å². The lowest BCUT2D eigenvalue weighted by atomic mass is 10.3. The Kier molecular flexibility index (Phi) is 3.04. The highest BCUT2D eigenvalue weighted by molar-refractivity contribution is 5.70. The van der Waals surface area contributed by atoms with E-state index in [1.807, 2.05) is 6.92 Å². The standard InChI is InChI=1S/C9H11N5O2/c1-2-3-8-10-9(16-12-8)5-14-4-7(6-15)11-13-14/h4,6H,2-3,5H2,1H3. The van der Waals surface area contributed by atoms with E-state index in [2.05, 4.69) is 20.5 Å². The second-order valence-electron chi connectivity index (χ2n) is 3.31. The minimum Gasteiger partial charge on any atom is -0.337 e. The summed E-state index contributed by atoms with van der Waals surface area (Å²) in [5, 5.41) is 11.2. The number of hydrogen-bond acceptors (Lipinski definition) is 6. The summed E-state index contributed by atoms with van der Waals surface area (Å²) in [4.78, 5) is 14.6. The van der Waals surface area contributed by atoms with Crippen molar-refractivity contribution in [1.29, 1.82) is 0 Å². The molecule has 0 radical (unpaired) electrons. The van der Waals surface area contributed by atoms with Crippen LogP contribution in [-0.4, -0.2) is 31.4 Å². The van der Waals surface area contributed by atoms with Crippen molar-refractivity contribution in [3.63, 3.8) is 0 Å². The molecule has 2 aromatic heterocycles. The minimum atomic E-state index is 0.285. The van der Waals surface area contributed by atoms with Crippen molar-refractivity contribution >= 4 is 6.29 Å². The molecule has 0 aromatic carbocycles. The van der Waals surface area contributed by atoms with E-state index in [0.29, 0.717) is 24.5 Å². The number of nitrogens with zero attached hydrogens (tertiary/aromatic N) is 5. The Labute approximate surface area is 91.5 Å². The second-order valence-corrected chi connectivity index (χ2v) is 3.31. The molecule has 16 heavy (non-hydrogen) atoms. The van der Waals surface area contributed by atoms with E-state index in [0.717, 1.165) is 12.8 Å². The maximum Gasteiger partial charge on any atom is 0.248 e. The first-order valence-electron chi connectivity index (χ1n) is 4.98. The van der Waals surface area contributed by atoms with Crippen molar-refractivity contribution in [2.75, 3.05) is 0 Å². The zero-order valence-electron chi connectivity index (χ0n) is 8.83. The van der Waals surface area contributed by atoms with Gasteiger partial charge in [0.1, 0.15) is 12.2 Å². The van der Waals surface area contributed by atoms with Crippen LogP contribution in [0, 0.1) is 0 Å². The number of carbonyl (C=O) groups is 1. The maximum atomic E-state index is 10.4. The lowest BCUT2D eigenvalue weighted by Gasteiger charge is -1.91. The molecule has 2 heterocycles. The third-order valence-corrected chi connectivity index (χ3v) is 1.96. The molecule has 0 fully saturated rings. The van der Waals surface area contributed by atoms with Crippen LogP contribution in [0.4, 0.5) is 0 Å². The Balaban J connectivity index is 2.05. The number of hydrogen-bond donors (Lipinski definition) is 0. The van der Waals surface area contributed by atoms with E-state index < -0.39 is 0 Å². The predicted molar refractivity (Wildman–Crippen MR) is 52.8 cm³/mol. The highest BCUT2D eigenvalue weighted by Crippen LogP contribution is 2.02. The van der Waals surface area contributed by atoms with Gasteiger partial charge in [-0.05, 0) is 6.42 Å². The molecule has 0 unspecified atom stereocenters. The van der Waals surface area contributed by atoms with E-state index in [9.17, 15) is 4.79 Å². The molecule has 0 bridgehead atoms. The van der Waals surface area contributed by atoms with Gasteiger partial charge in [-0.15, -0.1) is 5.10 Å². The smallest absolute Gasteiger partial charge is 0.248 e. The molecule has 7 heteroatoms. The molecule has 0 amide bonds. The molecule has 0 saturated carbocycles. The summed E-state index contributed by atoms with van der Waals surface area (Å²) in [6, 6.07) is 0. The van der Waals surface area contributed by atoms with Crippen LogP contribution >= 0.6 is 0 Å². The normalized spacial score (nSPS) is 10.6. The van der Waals surface area contributed by atoms with E-state index >= 15 is 0 Å². The van der Waals surface area contributed by atoms with E-state index in [1.165, 1.54) is 10.9 Å². The first-order chi connectivity index (χ1) is 7.81. The van der Waals surface area contributed by atoms with Crippen molar-refractivity contribution < 1.29 is 9.32 Å². The fraction of sp³-hybridized carbons (Fsp3) is 0.444. The third kappa shape index (κ3) is 2.30. The van der Waals surface area contributed by atoms with Gasteiger partial charge in [-0.3, -0.25) is 4.79 Å². The van der Waals surface area contributed by atoms with Gasteiger partial charge in [0.15, 0.2) is 12.1 Å². The molecule has 2 rings (SSSR count). The molecule has 0 spiro atoms. The SMILES string of the molecule is CCCc1noc(Cn2cc(C=O)nn2)n1. The van der Waals surface area contributed by atoms with Crippen LogP contribution in [0.25, 0.3) is 0 Å². The Bertz CT molecular complexity index is 476. The zero-order chi connectivity index (χ0) is 11.4. The van der Waals surface area contributed by atoms with Gasteiger partial charge in [-0.2, -0.15) is 4.98 Å². The van der Waals surface area contributed by atoms with Gasteiger partial charge in [0.05, 0.1) is 6.20 Å². The predicted octanol–water partition coefficient (Wildman–Crippen LogP) is 0.474. The van der Waals surface area contributed by atoms with Crippen LogP contribution in [0.1, 0.15) is 35.5 Å². The summed E-state index contributed by atoms with van der Waals surface area (Å²) in [6.07, 6.45) is 3.93. The van der Waals surface area contributed by atoms with Gasteiger partial charge in [0.2, 0.25) is 5.89 Å². The van der Waals surface area contributed by atoms with Gasteiger partial charge in [0.25, 0.3) is 0 Å². The van der Waals surface area contributed by atoms with E-state index in [-0.39, 0.29) is 5.69 Å². The molecule has 0 saturated heterocycles. The largest absolute Gasteiger partial charge is 0.337 e. The first kappa shape index (κ1) is 10.5. The highest BCUT2D eigenvalue weighted by atomic mass is 16.5. The highest BCUT2D eigenvalue weighted by Gasteiger charge is 2.07. The van der Waals surface area contributed by atoms with Crippen LogP contribution in [0.3, 0.4) is 0 Å². The monoisotopic (exact) mass is 221 g/mol. The van der Waals surface area contributed by atoms with Crippen molar-refractivity contribution in [2.24, 2.45) is 0 Å². The third-order valence-electron chi connectivity index (χ3n) is 1.96. The summed E-state index contributed by atoms with van der Waals surface area (Å²) in [6.45, 7) is 2.38. The molecular weight excluding hydrogens is 210 g/mol. The molecule has 0 aliphatic rings. The summed E-state index contributed by atoms with van der Waals surface area (Å²) in [7, 11) is 0. The van der Waals surface area contributed by atoms with Crippen LogP contribution in [0.5, 0.6) is 0 Å². The number of aromatic nitrogens is 5. The molecule has 2 aromatic rings. The maximum absolute atomic E-state index is 10.4. The number of carbonyl (C=O) groups excluding carboxylic acids is 1. The Morgan fingerprint density at radius 2 is 2.44 bits per heavy atom. The average Bonchev–Trinajstić information content (AvgIpc) is 2.89. The molecule has 0 atom stereocenters. The second kappa shape index (κ2) is 4.65. The lowest BCUT2D eigenvalue weighted by Crippen LogP contribution is -2.01.